The standard InChI is InChI=1S/C28H42N4O2/c1-2-30(24-8-4-3-5-9-24)21-22-7-6-10-25(19-22)32-26(13-16-29-32)20-28(34)14-17-31(18-15-28)27(33)23-11-12-23/h6-7,10,16,19,23-24,26,34H,2-5,8-9,11-15,17-18,20-21H2,1H3. The van der Waals surface area contributed by atoms with Crippen LogP contribution in [0.5, 0.6) is 0 Å². The summed E-state index contributed by atoms with van der Waals surface area (Å²) >= 11 is 0. The summed E-state index contributed by atoms with van der Waals surface area (Å²) in [5, 5.41) is 18.2. The number of anilines is 1. The number of benzene rings is 1. The monoisotopic (exact) mass is 466 g/mol. The molecule has 3 fully saturated rings. The van der Waals surface area contributed by atoms with Crippen LogP contribution in [-0.2, 0) is 11.3 Å². The summed E-state index contributed by atoms with van der Waals surface area (Å²) < 4.78 is 0. The minimum atomic E-state index is -0.714. The molecule has 2 heterocycles. The maximum absolute atomic E-state index is 12.4. The van der Waals surface area contributed by atoms with Crippen molar-refractivity contribution in [1.29, 1.82) is 0 Å². The van der Waals surface area contributed by atoms with Gasteiger partial charge in [-0.3, -0.25) is 14.7 Å². The third-order valence-corrected chi connectivity index (χ3v) is 8.54. The molecule has 0 radical (unpaired) electrons. The van der Waals surface area contributed by atoms with Crippen LogP contribution in [0.1, 0.15) is 83.1 Å². The van der Waals surface area contributed by atoms with Gasteiger partial charge in [0.05, 0.1) is 17.3 Å². The first kappa shape index (κ1) is 23.8. The van der Waals surface area contributed by atoms with E-state index >= 15 is 0 Å². The van der Waals surface area contributed by atoms with E-state index in [9.17, 15) is 9.90 Å². The third-order valence-electron chi connectivity index (χ3n) is 8.54. The summed E-state index contributed by atoms with van der Waals surface area (Å²) in [5.74, 6) is 0.568. The number of hydrogen-bond donors (Lipinski definition) is 1. The summed E-state index contributed by atoms with van der Waals surface area (Å²) in [6.07, 6.45) is 13.8. The number of carbonyl (C=O) groups excluding carboxylic acids is 1. The normalized spacial score (nSPS) is 25.3. The highest BCUT2D eigenvalue weighted by Crippen LogP contribution is 2.36. The lowest BCUT2D eigenvalue weighted by molar-refractivity contribution is -0.137. The second-order valence-electron chi connectivity index (χ2n) is 11.1. The van der Waals surface area contributed by atoms with Crippen LogP contribution in [0.25, 0.3) is 0 Å². The Morgan fingerprint density at radius 3 is 2.62 bits per heavy atom. The van der Waals surface area contributed by atoms with E-state index in [0.29, 0.717) is 44.3 Å². The zero-order valence-corrected chi connectivity index (χ0v) is 20.9. The predicted molar refractivity (Wildman–Crippen MR) is 137 cm³/mol. The SMILES string of the molecule is CCN(Cc1cccc(N2N=CCC2CC2(O)CCN(C(=O)C3CC3)CC2)c1)C1CCCCC1. The quantitative estimate of drug-likeness (QED) is 0.610. The highest BCUT2D eigenvalue weighted by molar-refractivity contribution is 5.81. The molecule has 1 unspecified atom stereocenters. The van der Waals surface area contributed by atoms with E-state index in [-0.39, 0.29) is 12.0 Å². The van der Waals surface area contributed by atoms with Gasteiger partial charge in [-0.05, 0) is 69.2 Å². The lowest BCUT2D eigenvalue weighted by Gasteiger charge is -2.40. The average molecular weight is 467 g/mol. The number of hydrazone groups is 1. The molecule has 2 aliphatic heterocycles. The van der Waals surface area contributed by atoms with Crippen molar-refractivity contribution < 1.29 is 9.90 Å². The van der Waals surface area contributed by atoms with Crippen LogP contribution in [0.15, 0.2) is 29.4 Å². The van der Waals surface area contributed by atoms with Gasteiger partial charge in [-0.2, -0.15) is 5.10 Å². The molecule has 2 saturated carbocycles. The van der Waals surface area contributed by atoms with Crippen LogP contribution in [-0.4, -0.2) is 64.3 Å². The summed E-state index contributed by atoms with van der Waals surface area (Å²) in [6.45, 7) is 5.73. The molecule has 0 spiro atoms. The molecule has 1 saturated heterocycles. The van der Waals surface area contributed by atoms with Crippen LogP contribution < -0.4 is 5.01 Å². The topological polar surface area (TPSA) is 59.4 Å². The van der Waals surface area contributed by atoms with Crippen molar-refractivity contribution in [2.75, 3.05) is 24.6 Å². The Balaban J connectivity index is 1.20. The number of amides is 1. The van der Waals surface area contributed by atoms with Gasteiger partial charge in [0.2, 0.25) is 5.91 Å². The lowest BCUT2D eigenvalue weighted by atomic mass is 9.84. The molecule has 5 rings (SSSR count). The van der Waals surface area contributed by atoms with Gasteiger partial charge < -0.3 is 10.0 Å². The Morgan fingerprint density at radius 2 is 1.91 bits per heavy atom. The Morgan fingerprint density at radius 1 is 1.15 bits per heavy atom. The molecule has 6 nitrogen and oxygen atoms in total. The van der Waals surface area contributed by atoms with Gasteiger partial charge in [-0.15, -0.1) is 0 Å². The number of aliphatic hydroxyl groups is 1. The molecule has 0 bridgehead atoms. The summed E-state index contributed by atoms with van der Waals surface area (Å²) in [4.78, 5) is 17.0. The van der Waals surface area contributed by atoms with E-state index in [4.69, 9.17) is 5.10 Å². The van der Waals surface area contributed by atoms with Crippen molar-refractivity contribution in [3.63, 3.8) is 0 Å². The first-order valence-corrected chi connectivity index (χ1v) is 13.7. The summed E-state index contributed by atoms with van der Waals surface area (Å²) in [6, 6.07) is 9.72. The number of nitrogens with zero attached hydrogens (tertiary/aromatic N) is 4. The second kappa shape index (κ2) is 10.4. The van der Waals surface area contributed by atoms with E-state index in [1.807, 2.05) is 11.1 Å². The Hall–Kier alpha value is -1.92. The first-order chi connectivity index (χ1) is 16.5. The smallest absolute Gasteiger partial charge is 0.225 e. The van der Waals surface area contributed by atoms with Crippen molar-refractivity contribution in [3.8, 4) is 0 Å². The molecule has 2 aliphatic carbocycles. The van der Waals surface area contributed by atoms with Crippen LogP contribution >= 0.6 is 0 Å². The molecule has 34 heavy (non-hydrogen) atoms. The zero-order chi connectivity index (χ0) is 23.5. The first-order valence-electron chi connectivity index (χ1n) is 13.7. The molecular formula is C28H42N4O2. The van der Waals surface area contributed by atoms with Gasteiger partial charge in [0.25, 0.3) is 0 Å². The van der Waals surface area contributed by atoms with E-state index in [0.717, 1.165) is 38.0 Å². The Labute approximate surface area is 205 Å². The van der Waals surface area contributed by atoms with Crippen LogP contribution in [0.4, 0.5) is 5.69 Å². The molecule has 186 valence electrons. The third kappa shape index (κ3) is 5.49. The lowest BCUT2D eigenvalue weighted by Crippen LogP contribution is -2.49. The Bertz CT molecular complexity index is 869. The van der Waals surface area contributed by atoms with Crippen molar-refractivity contribution in [2.24, 2.45) is 11.0 Å². The van der Waals surface area contributed by atoms with Gasteiger partial charge in [0.1, 0.15) is 0 Å². The van der Waals surface area contributed by atoms with Crippen LogP contribution in [0.2, 0.25) is 0 Å². The maximum atomic E-state index is 12.4. The average Bonchev–Trinajstić information content (AvgIpc) is 3.62. The van der Waals surface area contributed by atoms with E-state index in [1.54, 1.807) is 0 Å². The summed E-state index contributed by atoms with van der Waals surface area (Å²) in [7, 11) is 0. The fourth-order valence-electron chi connectivity index (χ4n) is 6.25. The predicted octanol–water partition coefficient (Wildman–Crippen LogP) is 4.56. The number of carbonyl (C=O) groups is 1. The van der Waals surface area contributed by atoms with E-state index in [2.05, 4.69) is 41.1 Å². The van der Waals surface area contributed by atoms with E-state index < -0.39 is 5.60 Å². The highest BCUT2D eigenvalue weighted by Gasteiger charge is 2.41. The number of rotatable bonds is 8. The molecule has 1 atom stereocenters. The van der Waals surface area contributed by atoms with Crippen LogP contribution in [0.3, 0.4) is 0 Å². The van der Waals surface area contributed by atoms with Gasteiger partial charge >= 0.3 is 0 Å². The van der Waals surface area contributed by atoms with Crippen molar-refractivity contribution in [1.82, 2.24) is 9.80 Å². The number of likely N-dealkylation sites (tertiary alicyclic amines) is 1. The summed E-state index contributed by atoms with van der Waals surface area (Å²) in [5.41, 5.74) is 1.76. The zero-order valence-electron chi connectivity index (χ0n) is 20.9. The van der Waals surface area contributed by atoms with Gasteiger partial charge in [0, 0.05) is 44.2 Å². The molecule has 1 N–H and O–H groups in total. The van der Waals surface area contributed by atoms with Gasteiger partial charge in [0.15, 0.2) is 0 Å². The fourth-order valence-corrected chi connectivity index (χ4v) is 6.25. The fraction of sp³-hybridized carbons (Fsp3) is 0.714. The van der Waals surface area contributed by atoms with Crippen molar-refractivity contribution in [2.45, 2.75) is 102 Å². The molecule has 0 aromatic heterocycles. The highest BCUT2D eigenvalue weighted by atomic mass is 16.3. The number of hydrogen-bond acceptors (Lipinski definition) is 5. The molecule has 4 aliphatic rings. The van der Waals surface area contributed by atoms with Crippen molar-refractivity contribution >= 4 is 17.8 Å². The minimum absolute atomic E-state index is 0.173. The second-order valence-corrected chi connectivity index (χ2v) is 11.1. The molecule has 1 amide bonds. The molecule has 6 heteroatoms. The molecule has 1 aromatic rings. The van der Waals surface area contributed by atoms with Gasteiger partial charge in [-0.1, -0.05) is 38.3 Å². The van der Waals surface area contributed by atoms with E-state index in [1.165, 1.54) is 37.7 Å². The maximum Gasteiger partial charge on any atom is 0.225 e. The Kier molecular flexibility index (Phi) is 7.26. The molecular weight excluding hydrogens is 424 g/mol. The molecule has 1 aromatic carbocycles. The van der Waals surface area contributed by atoms with Gasteiger partial charge in [-0.25, -0.2) is 0 Å². The number of piperidine rings is 1. The van der Waals surface area contributed by atoms with Crippen molar-refractivity contribution in [3.05, 3.63) is 29.8 Å². The minimum Gasteiger partial charge on any atom is -0.390 e. The van der Waals surface area contributed by atoms with Crippen LogP contribution in [0, 0.1) is 5.92 Å². The largest absolute Gasteiger partial charge is 0.390 e.